The lowest BCUT2D eigenvalue weighted by Gasteiger charge is -2.22. The van der Waals surface area contributed by atoms with Crippen molar-refractivity contribution in [2.24, 2.45) is 11.8 Å². The van der Waals surface area contributed by atoms with Crippen molar-refractivity contribution in [1.82, 2.24) is 29.0 Å². The molecule has 0 amide bonds. The second-order valence-corrected chi connectivity index (χ2v) is 7.49. The van der Waals surface area contributed by atoms with Gasteiger partial charge < -0.3 is 4.90 Å². The van der Waals surface area contributed by atoms with Crippen LogP contribution in [0.4, 0.5) is 5.82 Å². The van der Waals surface area contributed by atoms with Gasteiger partial charge in [-0.15, -0.1) is 0 Å². The molecule has 0 spiro atoms. The highest BCUT2D eigenvalue weighted by Crippen LogP contribution is 2.34. The molecule has 3 aromatic heterocycles. The number of nitrogens with zero attached hydrogens (tertiary/aromatic N) is 7. The van der Waals surface area contributed by atoms with E-state index in [-0.39, 0.29) is 0 Å². The molecule has 2 atom stereocenters. The molecule has 2 aliphatic rings. The maximum Gasteiger partial charge on any atom is 0.158 e. The zero-order valence-corrected chi connectivity index (χ0v) is 14.6. The first-order chi connectivity index (χ1) is 12.3. The number of aromatic nitrogens is 5. The summed E-state index contributed by atoms with van der Waals surface area (Å²) >= 11 is 1.54. The molecule has 0 aliphatic carbocycles. The topological polar surface area (TPSA) is 63.0 Å². The molecule has 0 radical (unpaired) electrons. The van der Waals surface area contributed by atoms with E-state index >= 15 is 0 Å². The molecule has 2 unspecified atom stereocenters. The molecule has 2 fully saturated rings. The summed E-state index contributed by atoms with van der Waals surface area (Å²) in [4.78, 5) is 13.8. The summed E-state index contributed by atoms with van der Waals surface area (Å²) in [7, 11) is 0. The van der Waals surface area contributed by atoms with Gasteiger partial charge in [0, 0.05) is 62.8 Å². The van der Waals surface area contributed by atoms with E-state index in [1.807, 2.05) is 24.5 Å². The number of rotatable bonds is 4. The first-order valence-corrected chi connectivity index (χ1v) is 9.36. The lowest BCUT2D eigenvalue weighted by Crippen LogP contribution is -2.29. The van der Waals surface area contributed by atoms with Crippen LogP contribution in [0.2, 0.25) is 0 Å². The monoisotopic (exact) mass is 353 g/mol. The van der Waals surface area contributed by atoms with Crippen LogP contribution in [0, 0.1) is 11.8 Å². The van der Waals surface area contributed by atoms with Gasteiger partial charge in [0.25, 0.3) is 0 Å². The van der Waals surface area contributed by atoms with Crippen LogP contribution in [0.1, 0.15) is 5.56 Å². The summed E-state index contributed by atoms with van der Waals surface area (Å²) < 4.78 is 5.98. The van der Waals surface area contributed by atoms with Crippen molar-refractivity contribution in [2.45, 2.75) is 6.54 Å². The Kier molecular flexibility index (Phi) is 3.71. The van der Waals surface area contributed by atoms with E-state index in [4.69, 9.17) is 0 Å². The minimum Gasteiger partial charge on any atom is -0.356 e. The molecule has 5 heterocycles. The Morgan fingerprint density at radius 1 is 1.08 bits per heavy atom. The van der Waals surface area contributed by atoms with Crippen LogP contribution in [0.3, 0.4) is 0 Å². The Morgan fingerprint density at radius 3 is 2.64 bits per heavy atom. The molecule has 7 nitrogen and oxygen atoms in total. The normalized spacial score (nSPS) is 23.3. The van der Waals surface area contributed by atoms with E-state index in [2.05, 4.69) is 34.6 Å². The molecular weight excluding hydrogens is 334 g/mol. The van der Waals surface area contributed by atoms with Gasteiger partial charge in [0.1, 0.15) is 12.1 Å². The van der Waals surface area contributed by atoms with E-state index in [1.54, 1.807) is 17.2 Å². The molecule has 0 aromatic carbocycles. The highest BCUT2D eigenvalue weighted by atomic mass is 32.1. The van der Waals surface area contributed by atoms with Gasteiger partial charge >= 0.3 is 0 Å². The van der Waals surface area contributed by atoms with Crippen molar-refractivity contribution in [3.05, 3.63) is 48.0 Å². The number of anilines is 1. The molecule has 8 heteroatoms. The second kappa shape index (κ2) is 6.20. The van der Waals surface area contributed by atoms with Gasteiger partial charge in [-0.3, -0.25) is 4.90 Å². The average Bonchev–Trinajstić information content (AvgIpc) is 3.40. The lowest BCUT2D eigenvalue weighted by molar-refractivity contribution is 0.309. The van der Waals surface area contributed by atoms with Crippen LogP contribution >= 0.6 is 11.5 Å². The zero-order valence-electron chi connectivity index (χ0n) is 13.8. The van der Waals surface area contributed by atoms with Crippen molar-refractivity contribution < 1.29 is 0 Å². The Hall–Kier alpha value is -2.32. The Morgan fingerprint density at radius 2 is 1.92 bits per heavy atom. The van der Waals surface area contributed by atoms with Crippen molar-refractivity contribution in [3.63, 3.8) is 0 Å². The maximum absolute atomic E-state index is 4.49. The molecule has 128 valence electrons. The predicted octanol–water partition coefficient (Wildman–Crippen LogP) is 1.69. The standard InChI is InChI=1S/C17H19N7S/c1-2-20-24(3-1)17-4-16(18-12-19-17)23-9-14-7-22(8-15(14)10-23)6-13-5-21-25-11-13/h1-5,11-12,14-15H,6-10H2. The van der Waals surface area contributed by atoms with Crippen molar-refractivity contribution in [1.29, 1.82) is 0 Å². The van der Waals surface area contributed by atoms with Gasteiger partial charge in [-0.2, -0.15) is 5.10 Å². The van der Waals surface area contributed by atoms with Crippen LogP contribution in [-0.2, 0) is 6.54 Å². The fourth-order valence-electron chi connectivity index (χ4n) is 4.01. The minimum absolute atomic E-state index is 0.717. The summed E-state index contributed by atoms with van der Waals surface area (Å²) in [5.41, 5.74) is 1.33. The summed E-state index contributed by atoms with van der Waals surface area (Å²) in [5, 5.41) is 6.40. The van der Waals surface area contributed by atoms with Crippen molar-refractivity contribution in [2.75, 3.05) is 31.1 Å². The Labute approximate surface area is 150 Å². The molecular formula is C17H19N7S. The first kappa shape index (κ1) is 15.0. The quantitative estimate of drug-likeness (QED) is 0.711. The summed E-state index contributed by atoms with van der Waals surface area (Å²) in [6.07, 6.45) is 7.29. The van der Waals surface area contributed by atoms with Crippen LogP contribution in [0.25, 0.3) is 5.82 Å². The van der Waals surface area contributed by atoms with Gasteiger partial charge in [0.05, 0.1) is 0 Å². The van der Waals surface area contributed by atoms with Crippen LogP contribution in [-0.4, -0.2) is 55.2 Å². The molecule has 3 aromatic rings. The lowest BCUT2D eigenvalue weighted by atomic mass is 10.0. The second-order valence-electron chi connectivity index (χ2n) is 6.84. The predicted molar refractivity (Wildman–Crippen MR) is 95.7 cm³/mol. The minimum atomic E-state index is 0.717. The number of likely N-dealkylation sites (tertiary alicyclic amines) is 1. The highest BCUT2D eigenvalue weighted by molar-refractivity contribution is 7.03. The van der Waals surface area contributed by atoms with Gasteiger partial charge in [-0.25, -0.2) is 19.0 Å². The van der Waals surface area contributed by atoms with Gasteiger partial charge in [0.2, 0.25) is 0 Å². The summed E-state index contributed by atoms with van der Waals surface area (Å²) in [6.45, 7) is 5.49. The third-order valence-corrected chi connectivity index (χ3v) is 5.79. The largest absolute Gasteiger partial charge is 0.356 e. The highest BCUT2D eigenvalue weighted by Gasteiger charge is 2.40. The zero-order chi connectivity index (χ0) is 16.6. The summed E-state index contributed by atoms with van der Waals surface area (Å²) in [6, 6.07) is 3.93. The third kappa shape index (κ3) is 2.91. The first-order valence-electron chi connectivity index (χ1n) is 8.53. The SMILES string of the molecule is c1cnn(-c2cc(N3CC4CN(Cc5cnsc5)CC4C3)ncn2)c1. The Balaban J connectivity index is 1.26. The smallest absolute Gasteiger partial charge is 0.158 e. The van der Waals surface area contributed by atoms with Gasteiger partial charge in [0.15, 0.2) is 5.82 Å². The van der Waals surface area contributed by atoms with E-state index < -0.39 is 0 Å². The molecule has 2 aliphatic heterocycles. The van der Waals surface area contributed by atoms with E-state index in [0.29, 0.717) is 0 Å². The molecule has 25 heavy (non-hydrogen) atoms. The van der Waals surface area contributed by atoms with E-state index in [9.17, 15) is 0 Å². The van der Waals surface area contributed by atoms with Gasteiger partial charge in [-0.05, 0) is 35.0 Å². The maximum atomic E-state index is 4.49. The fraction of sp³-hybridized carbons (Fsp3) is 0.412. The number of hydrogen-bond acceptors (Lipinski definition) is 7. The summed E-state index contributed by atoms with van der Waals surface area (Å²) in [5.74, 6) is 3.26. The fourth-order valence-corrected chi connectivity index (χ4v) is 4.54. The third-order valence-electron chi connectivity index (χ3n) is 5.15. The van der Waals surface area contributed by atoms with Gasteiger partial charge in [-0.1, -0.05) is 0 Å². The Bertz CT molecular complexity index is 819. The molecule has 0 bridgehead atoms. The number of fused-ring (bicyclic) bond motifs is 1. The van der Waals surface area contributed by atoms with Crippen LogP contribution in [0.15, 0.2) is 42.4 Å². The molecule has 0 saturated carbocycles. The van der Waals surface area contributed by atoms with Crippen molar-refractivity contribution in [3.8, 4) is 5.82 Å². The van der Waals surface area contributed by atoms with E-state index in [0.717, 1.165) is 56.2 Å². The molecule has 5 rings (SSSR count). The molecule has 2 saturated heterocycles. The average molecular weight is 353 g/mol. The van der Waals surface area contributed by atoms with Crippen molar-refractivity contribution >= 4 is 17.4 Å². The molecule has 0 N–H and O–H groups in total. The van der Waals surface area contributed by atoms with Crippen LogP contribution in [0.5, 0.6) is 0 Å². The van der Waals surface area contributed by atoms with Crippen LogP contribution < -0.4 is 4.90 Å². The number of hydrogen-bond donors (Lipinski definition) is 0. The van der Waals surface area contributed by atoms with E-state index in [1.165, 1.54) is 17.1 Å².